The van der Waals surface area contributed by atoms with Crippen LogP contribution in [0.5, 0.6) is 5.75 Å². The molecule has 1 N–H and O–H groups in total. The molecule has 4 rings (SSSR count). The lowest BCUT2D eigenvalue weighted by molar-refractivity contribution is -0.0504. The van der Waals surface area contributed by atoms with Crippen molar-refractivity contribution in [3.05, 3.63) is 88.9 Å². The molecule has 34 heavy (non-hydrogen) atoms. The number of aliphatic hydroxyl groups is 1. The van der Waals surface area contributed by atoms with Gasteiger partial charge < -0.3 is 14.6 Å². The number of urea groups is 1. The number of hydrogen-bond donors (Lipinski definition) is 1. The molecule has 1 fully saturated rings. The zero-order chi connectivity index (χ0) is 24.5. The van der Waals surface area contributed by atoms with Crippen molar-refractivity contribution < 1.29 is 28.2 Å². The number of carbonyl (C=O) groups is 1. The SMILES string of the molecule is COCC1N(c2ccc(C)cc2)C(=O)N(c2ccc(Cl)cc2)C1(O)c1cccc(OC(F)F)c1. The summed E-state index contributed by atoms with van der Waals surface area (Å²) < 4.78 is 35.7. The third kappa shape index (κ3) is 4.32. The minimum atomic E-state index is -3.04. The standard InChI is InChI=1S/C25H23ClF2N2O4/c1-16-6-10-19(11-7-16)29-22(15-33-2)25(32,17-4-3-5-21(14-17)34-23(27)28)30(24(29)31)20-12-8-18(26)9-13-20/h3-14,22-23,32H,15H2,1-2H3. The molecular formula is C25H23ClF2N2O4. The maximum absolute atomic E-state index is 13.9. The van der Waals surface area contributed by atoms with Crippen LogP contribution in [0.2, 0.25) is 5.02 Å². The van der Waals surface area contributed by atoms with Gasteiger partial charge in [-0.05, 0) is 55.5 Å². The van der Waals surface area contributed by atoms with Crippen molar-refractivity contribution in [1.82, 2.24) is 0 Å². The molecule has 2 unspecified atom stereocenters. The van der Waals surface area contributed by atoms with Gasteiger partial charge >= 0.3 is 12.6 Å². The van der Waals surface area contributed by atoms with Crippen LogP contribution < -0.4 is 14.5 Å². The Kier molecular flexibility index (Phi) is 6.74. The molecule has 0 radical (unpaired) electrons. The van der Waals surface area contributed by atoms with Crippen LogP contribution in [-0.2, 0) is 10.5 Å². The first-order valence-electron chi connectivity index (χ1n) is 10.5. The van der Waals surface area contributed by atoms with E-state index in [1.807, 2.05) is 19.1 Å². The van der Waals surface area contributed by atoms with E-state index in [4.69, 9.17) is 16.3 Å². The van der Waals surface area contributed by atoms with Gasteiger partial charge in [-0.1, -0.05) is 41.4 Å². The first-order chi connectivity index (χ1) is 16.3. The predicted molar refractivity (Wildman–Crippen MR) is 126 cm³/mol. The second kappa shape index (κ2) is 9.58. The van der Waals surface area contributed by atoms with Gasteiger partial charge in [0.05, 0.1) is 6.61 Å². The van der Waals surface area contributed by atoms with Crippen LogP contribution in [-0.4, -0.2) is 37.5 Å². The quantitative estimate of drug-likeness (QED) is 0.473. The summed E-state index contributed by atoms with van der Waals surface area (Å²) in [4.78, 5) is 16.5. The molecule has 178 valence electrons. The minimum absolute atomic E-state index is 0.0415. The van der Waals surface area contributed by atoms with Crippen LogP contribution in [0.25, 0.3) is 0 Å². The van der Waals surface area contributed by atoms with E-state index in [0.29, 0.717) is 16.4 Å². The third-order valence-corrected chi connectivity index (χ3v) is 5.97. The average molecular weight is 489 g/mol. The van der Waals surface area contributed by atoms with Gasteiger partial charge in [0.15, 0.2) is 5.72 Å². The number of hydrogen-bond acceptors (Lipinski definition) is 4. The zero-order valence-electron chi connectivity index (χ0n) is 18.5. The molecule has 2 atom stereocenters. The highest BCUT2D eigenvalue weighted by Gasteiger charge is 2.59. The van der Waals surface area contributed by atoms with Gasteiger partial charge in [0, 0.05) is 29.1 Å². The van der Waals surface area contributed by atoms with Crippen LogP contribution in [0, 0.1) is 6.92 Å². The van der Waals surface area contributed by atoms with Gasteiger partial charge in [-0.25, -0.2) is 4.79 Å². The number of ether oxygens (including phenoxy) is 2. The minimum Gasteiger partial charge on any atom is -0.435 e. The highest BCUT2D eigenvalue weighted by Crippen LogP contribution is 2.45. The van der Waals surface area contributed by atoms with E-state index in [0.717, 1.165) is 5.56 Å². The molecule has 0 saturated carbocycles. The largest absolute Gasteiger partial charge is 0.435 e. The summed E-state index contributed by atoms with van der Waals surface area (Å²) in [5.74, 6) is -0.144. The molecule has 1 saturated heterocycles. The van der Waals surface area contributed by atoms with E-state index in [1.165, 1.54) is 35.1 Å². The molecule has 0 bridgehead atoms. The number of halogens is 3. The average Bonchev–Trinajstić information content (AvgIpc) is 3.02. The molecule has 0 aliphatic carbocycles. The maximum atomic E-state index is 13.9. The monoisotopic (exact) mass is 488 g/mol. The summed E-state index contributed by atoms with van der Waals surface area (Å²) in [7, 11) is 1.46. The summed E-state index contributed by atoms with van der Waals surface area (Å²) in [5.41, 5.74) is 0.110. The van der Waals surface area contributed by atoms with E-state index < -0.39 is 24.4 Å². The first kappa shape index (κ1) is 23.9. The van der Waals surface area contributed by atoms with Gasteiger partial charge in [-0.3, -0.25) is 9.80 Å². The molecule has 2 amide bonds. The highest BCUT2D eigenvalue weighted by atomic mass is 35.5. The summed E-state index contributed by atoms with van der Waals surface area (Å²) in [6.07, 6.45) is 0. The Labute approximate surface area is 200 Å². The van der Waals surface area contributed by atoms with Gasteiger partial charge in [-0.15, -0.1) is 0 Å². The number of methoxy groups -OCH3 is 1. The number of benzene rings is 3. The van der Waals surface area contributed by atoms with Gasteiger partial charge in [0.25, 0.3) is 0 Å². The van der Waals surface area contributed by atoms with E-state index in [2.05, 4.69) is 4.74 Å². The van der Waals surface area contributed by atoms with Crippen LogP contribution in [0.15, 0.2) is 72.8 Å². The maximum Gasteiger partial charge on any atom is 0.387 e. The number of alkyl halides is 2. The molecule has 3 aromatic rings. The molecular weight excluding hydrogens is 466 g/mol. The van der Waals surface area contributed by atoms with Crippen molar-refractivity contribution in [2.45, 2.75) is 25.3 Å². The van der Waals surface area contributed by atoms with Crippen molar-refractivity contribution in [3.8, 4) is 5.75 Å². The summed E-state index contributed by atoms with van der Waals surface area (Å²) >= 11 is 6.05. The lowest BCUT2D eigenvalue weighted by Gasteiger charge is -2.37. The highest BCUT2D eigenvalue weighted by molar-refractivity contribution is 6.30. The zero-order valence-corrected chi connectivity index (χ0v) is 19.2. The second-order valence-electron chi connectivity index (χ2n) is 7.90. The van der Waals surface area contributed by atoms with E-state index in [-0.39, 0.29) is 17.9 Å². The molecule has 0 aromatic heterocycles. The fraction of sp³-hybridized carbons (Fsp3) is 0.240. The van der Waals surface area contributed by atoms with E-state index in [1.54, 1.807) is 42.5 Å². The number of amides is 2. The number of carbonyl (C=O) groups excluding carboxylic acids is 1. The van der Waals surface area contributed by atoms with Crippen molar-refractivity contribution in [3.63, 3.8) is 0 Å². The topological polar surface area (TPSA) is 62.2 Å². The Balaban J connectivity index is 1.92. The molecule has 1 heterocycles. The van der Waals surface area contributed by atoms with Gasteiger partial charge in [-0.2, -0.15) is 8.78 Å². The Hall–Kier alpha value is -3.20. The lowest BCUT2D eigenvalue weighted by Crippen LogP contribution is -2.51. The van der Waals surface area contributed by atoms with Gasteiger partial charge in [0.1, 0.15) is 11.8 Å². The van der Waals surface area contributed by atoms with Crippen LogP contribution in [0.1, 0.15) is 11.1 Å². The van der Waals surface area contributed by atoms with Crippen LogP contribution >= 0.6 is 11.6 Å². The number of nitrogens with zero attached hydrogens (tertiary/aromatic N) is 2. The molecule has 1 aliphatic heterocycles. The number of rotatable bonds is 7. The predicted octanol–water partition coefficient (Wildman–Crippen LogP) is 5.56. The summed E-state index contributed by atoms with van der Waals surface area (Å²) in [6.45, 7) is -1.16. The third-order valence-electron chi connectivity index (χ3n) is 5.72. The Morgan fingerprint density at radius 2 is 1.71 bits per heavy atom. The van der Waals surface area contributed by atoms with Crippen LogP contribution in [0.3, 0.4) is 0 Å². The van der Waals surface area contributed by atoms with E-state index >= 15 is 0 Å². The fourth-order valence-corrected chi connectivity index (χ4v) is 4.31. The van der Waals surface area contributed by atoms with E-state index in [9.17, 15) is 18.7 Å². The Morgan fingerprint density at radius 1 is 1.06 bits per heavy atom. The Bertz CT molecular complexity index is 1160. The lowest BCUT2D eigenvalue weighted by atomic mass is 9.93. The second-order valence-corrected chi connectivity index (χ2v) is 8.34. The molecule has 3 aromatic carbocycles. The van der Waals surface area contributed by atoms with Crippen molar-refractivity contribution in [2.75, 3.05) is 23.5 Å². The summed E-state index contributed by atoms with van der Waals surface area (Å²) in [6, 6.07) is 17.9. The molecule has 1 aliphatic rings. The van der Waals surface area contributed by atoms with Crippen molar-refractivity contribution >= 4 is 29.0 Å². The molecule has 0 spiro atoms. The number of anilines is 2. The first-order valence-corrected chi connectivity index (χ1v) is 10.9. The van der Waals surface area contributed by atoms with Crippen molar-refractivity contribution in [2.24, 2.45) is 0 Å². The normalized spacial score (nSPS) is 20.3. The van der Waals surface area contributed by atoms with Crippen LogP contribution in [0.4, 0.5) is 25.0 Å². The smallest absolute Gasteiger partial charge is 0.387 e. The molecule has 9 heteroatoms. The number of aryl methyl sites for hydroxylation is 1. The fourth-order valence-electron chi connectivity index (χ4n) is 4.18. The van der Waals surface area contributed by atoms with Crippen molar-refractivity contribution in [1.29, 1.82) is 0 Å². The van der Waals surface area contributed by atoms with Gasteiger partial charge in [0.2, 0.25) is 0 Å². The summed E-state index contributed by atoms with van der Waals surface area (Å²) in [5, 5.41) is 12.7. The molecule has 6 nitrogen and oxygen atoms in total. The Morgan fingerprint density at radius 3 is 2.32 bits per heavy atom.